The molecule has 2 heterocycles. The summed E-state index contributed by atoms with van der Waals surface area (Å²) in [6.45, 7) is 4.90. The summed E-state index contributed by atoms with van der Waals surface area (Å²) in [5.74, 6) is -0.675. The Balaban J connectivity index is 1.44. The van der Waals surface area contributed by atoms with Gasteiger partial charge >= 0.3 is 0 Å². The minimum atomic E-state index is -0.463. The Morgan fingerprint density at radius 1 is 1.07 bits per heavy atom. The number of hydrogen-bond acceptors (Lipinski definition) is 4. The van der Waals surface area contributed by atoms with E-state index in [0.717, 1.165) is 0 Å². The molecule has 7 heteroatoms. The average Bonchev–Trinajstić information content (AvgIpc) is 2.75. The number of piperazine rings is 1. The second kappa shape index (κ2) is 8.13. The van der Waals surface area contributed by atoms with E-state index in [1.165, 1.54) is 6.07 Å². The van der Waals surface area contributed by atoms with Crippen LogP contribution in [0.1, 0.15) is 24.1 Å². The predicted octanol–water partition coefficient (Wildman–Crippen LogP) is 2.51. The van der Waals surface area contributed by atoms with Crippen molar-refractivity contribution in [2.75, 3.05) is 26.2 Å². The molecule has 0 bridgehead atoms. The standard InChI is InChI=1S/C22H23FN4O2/c1-15(20-17-7-3-4-8-18(17)21(28)25-24-20)22(29)27-12-10-26(11-13-27)14-16-6-2-5-9-19(16)23/h2-9,15H,10-14H2,1H3,(H,25,28). The SMILES string of the molecule is CC(C(=O)N1CCN(Cc2ccccc2F)CC1)c1n[nH]c(=O)c2ccccc12. The number of aromatic amines is 1. The number of amides is 1. The molecule has 1 saturated heterocycles. The summed E-state index contributed by atoms with van der Waals surface area (Å²) >= 11 is 0. The molecular weight excluding hydrogens is 371 g/mol. The normalized spacial score (nSPS) is 16.1. The molecule has 29 heavy (non-hydrogen) atoms. The lowest BCUT2D eigenvalue weighted by molar-refractivity contribution is -0.134. The van der Waals surface area contributed by atoms with E-state index in [0.29, 0.717) is 54.8 Å². The minimum absolute atomic E-state index is 0.0137. The number of H-pyrrole nitrogens is 1. The third-order valence-electron chi connectivity index (χ3n) is 5.54. The zero-order valence-corrected chi connectivity index (χ0v) is 16.3. The maximum atomic E-state index is 13.9. The predicted molar refractivity (Wildman–Crippen MR) is 109 cm³/mol. The molecule has 0 spiro atoms. The molecule has 1 atom stereocenters. The van der Waals surface area contributed by atoms with E-state index in [9.17, 15) is 14.0 Å². The largest absolute Gasteiger partial charge is 0.340 e. The van der Waals surface area contributed by atoms with E-state index < -0.39 is 5.92 Å². The highest BCUT2D eigenvalue weighted by Crippen LogP contribution is 2.23. The number of rotatable bonds is 4. The monoisotopic (exact) mass is 394 g/mol. The van der Waals surface area contributed by atoms with Crippen LogP contribution < -0.4 is 5.56 Å². The van der Waals surface area contributed by atoms with Crippen molar-refractivity contribution in [2.24, 2.45) is 0 Å². The molecule has 150 valence electrons. The van der Waals surface area contributed by atoms with Gasteiger partial charge in [0.05, 0.1) is 17.0 Å². The lowest BCUT2D eigenvalue weighted by Gasteiger charge is -2.36. The molecule has 1 N–H and O–H groups in total. The van der Waals surface area contributed by atoms with Gasteiger partial charge in [0.2, 0.25) is 5.91 Å². The van der Waals surface area contributed by atoms with E-state index in [1.807, 2.05) is 30.0 Å². The van der Waals surface area contributed by atoms with E-state index in [-0.39, 0.29) is 17.3 Å². The van der Waals surface area contributed by atoms with Crippen molar-refractivity contribution in [1.29, 1.82) is 0 Å². The number of halogens is 1. The van der Waals surface area contributed by atoms with Crippen molar-refractivity contribution < 1.29 is 9.18 Å². The van der Waals surface area contributed by atoms with Gasteiger partial charge in [-0.3, -0.25) is 14.5 Å². The zero-order valence-electron chi connectivity index (χ0n) is 16.3. The number of fused-ring (bicyclic) bond motifs is 1. The first-order valence-electron chi connectivity index (χ1n) is 9.76. The summed E-state index contributed by atoms with van der Waals surface area (Å²) in [6, 6.07) is 14.0. The molecule has 3 aromatic rings. The van der Waals surface area contributed by atoms with Crippen molar-refractivity contribution >= 4 is 16.7 Å². The van der Waals surface area contributed by atoms with Crippen LogP contribution in [0.5, 0.6) is 0 Å². The molecular formula is C22H23FN4O2. The lowest BCUT2D eigenvalue weighted by atomic mass is 10.00. The minimum Gasteiger partial charge on any atom is -0.340 e. The fourth-order valence-electron chi connectivity index (χ4n) is 3.85. The van der Waals surface area contributed by atoms with Gasteiger partial charge in [-0.25, -0.2) is 9.49 Å². The van der Waals surface area contributed by atoms with E-state index in [4.69, 9.17) is 0 Å². The summed E-state index contributed by atoms with van der Waals surface area (Å²) in [6.07, 6.45) is 0. The Morgan fingerprint density at radius 2 is 1.72 bits per heavy atom. The molecule has 0 aliphatic carbocycles. The van der Waals surface area contributed by atoms with Gasteiger partial charge in [-0.1, -0.05) is 36.4 Å². The van der Waals surface area contributed by atoms with Gasteiger partial charge in [0.15, 0.2) is 0 Å². The van der Waals surface area contributed by atoms with Gasteiger partial charge in [-0.15, -0.1) is 0 Å². The second-order valence-corrected chi connectivity index (χ2v) is 7.40. The number of benzene rings is 2. The van der Waals surface area contributed by atoms with Crippen molar-refractivity contribution in [3.8, 4) is 0 Å². The molecule has 6 nitrogen and oxygen atoms in total. The molecule has 0 saturated carbocycles. The number of hydrogen-bond donors (Lipinski definition) is 1. The molecule has 4 rings (SSSR count). The molecule has 1 aliphatic rings. The first kappa shape index (κ1) is 19.3. The Labute approximate surface area is 167 Å². The van der Waals surface area contributed by atoms with E-state index in [2.05, 4.69) is 15.1 Å². The highest BCUT2D eigenvalue weighted by atomic mass is 19.1. The van der Waals surface area contributed by atoms with Crippen LogP contribution in [-0.2, 0) is 11.3 Å². The number of nitrogens with zero attached hydrogens (tertiary/aromatic N) is 3. The summed E-state index contributed by atoms with van der Waals surface area (Å²) < 4.78 is 13.9. The fraction of sp³-hybridized carbons (Fsp3) is 0.318. The molecule has 0 radical (unpaired) electrons. The third-order valence-corrected chi connectivity index (χ3v) is 5.54. The molecule has 1 fully saturated rings. The highest BCUT2D eigenvalue weighted by molar-refractivity contribution is 5.91. The maximum absolute atomic E-state index is 13.9. The lowest BCUT2D eigenvalue weighted by Crippen LogP contribution is -2.49. The van der Waals surface area contributed by atoms with Gasteiger partial charge in [0, 0.05) is 43.7 Å². The third kappa shape index (κ3) is 3.91. The number of carbonyl (C=O) groups excluding carboxylic acids is 1. The molecule has 1 aliphatic heterocycles. The maximum Gasteiger partial charge on any atom is 0.272 e. The van der Waals surface area contributed by atoms with Crippen LogP contribution in [0.25, 0.3) is 10.8 Å². The van der Waals surface area contributed by atoms with Gasteiger partial charge < -0.3 is 4.90 Å². The number of carbonyl (C=O) groups is 1. The average molecular weight is 394 g/mol. The van der Waals surface area contributed by atoms with Gasteiger partial charge in [0.1, 0.15) is 5.82 Å². The summed E-state index contributed by atoms with van der Waals surface area (Å²) in [7, 11) is 0. The first-order chi connectivity index (χ1) is 14.0. The van der Waals surface area contributed by atoms with Crippen LogP contribution >= 0.6 is 0 Å². The Hall–Kier alpha value is -3.06. The van der Waals surface area contributed by atoms with Crippen molar-refractivity contribution in [2.45, 2.75) is 19.4 Å². The topological polar surface area (TPSA) is 69.3 Å². The molecule has 2 aromatic carbocycles. The van der Waals surface area contributed by atoms with Crippen LogP contribution in [0.2, 0.25) is 0 Å². The van der Waals surface area contributed by atoms with Crippen molar-refractivity contribution in [1.82, 2.24) is 20.0 Å². The summed E-state index contributed by atoms with van der Waals surface area (Å²) in [5, 5.41) is 7.90. The molecule has 1 aromatic heterocycles. The van der Waals surface area contributed by atoms with Crippen LogP contribution in [0, 0.1) is 5.82 Å². The van der Waals surface area contributed by atoms with E-state index in [1.54, 1.807) is 24.3 Å². The number of nitrogens with one attached hydrogen (secondary N) is 1. The molecule has 1 amide bonds. The zero-order chi connectivity index (χ0) is 20.4. The van der Waals surface area contributed by atoms with Crippen LogP contribution in [0.3, 0.4) is 0 Å². The van der Waals surface area contributed by atoms with Gasteiger partial charge in [0.25, 0.3) is 5.56 Å². The van der Waals surface area contributed by atoms with Gasteiger partial charge in [-0.05, 0) is 19.1 Å². The summed E-state index contributed by atoms with van der Waals surface area (Å²) in [4.78, 5) is 29.0. The smallest absolute Gasteiger partial charge is 0.272 e. The van der Waals surface area contributed by atoms with Crippen LogP contribution in [-0.4, -0.2) is 52.1 Å². The Morgan fingerprint density at radius 3 is 2.45 bits per heavy atom. The fourth-order valence-corrected chi connectivity index (χ4v) is 3.85. The van der Waals surface area contributed by atoms with E-state index >= 15 is 0 Å². The van der Waals surface area contributed by atoms with Gasteiger partial charge in [-0.2, -0.15) is 5.10 Å². The van der Waals surface area contributed by atoms with Crippen LogP contribution in [0.4, 0.5) is 4.39 Å². The highest BCUT2D eigenvalue weighted by Gasteiger charge is 2.28. The molecule has 1 unspecified atom stereocenters. The van der Waals surface area contributed by atoms with Crippen LogP contribution in [0.15, 0.2) is 53.3 Å². The number of aromatic nitrogens is 2. The van der Waals surface area contributed by atoms with Crippen molar-refractivity contribution in [3.63, 3.8) is 0 Å². The Kier molecular flexibility index (Phi) is 5.40. The quantitative estimate of drug-likeness (QED) is 0.738. The summed E-state index contributed by atoms with van der Waals surface area (Å²) in [5.41, 5.74) is 0.995. The van der Waals surface area contributed by atoms with Crippen molar-refractivity contribution in [3.05, 3.63) is 76.0 Å². The first-order valence-corrected chi connectivity index (χ1v) is 9.76. The Bertz CT molecular complexity index is 1090. The second-order valence-electron chi connectivity index (χ2n) is 7.40.